The molecule has 0 saturated heterocycles. The number of aryl methyl sites for hydroxylation is 2. The molecule has 3 aromatic rings. The van der Waals surface area contributed by atoms with Gasteiger partial charge in [-0.05, 0) is 55.7 Å². The summed E-state index contributed by atoms with van der Waals surface area (Å²) in [4.78, 5) is 26.9. The second-order valence-electron chi connectivity index (χ2n) is 6.92. The van der Waals surface area contributed by atoms with Crippen molar-refractivity contribution in [2.45, 2.75) is 26.2 Å². The summed E-state index contributed by atoms with van der Waals surface area (Å²) in [5.41, 5.74) is 3.97. The molecule has 6 nitrogen and oxygen atoms in total. The van der Waals surface area contributed by atoms with Crippen molar-refractivity contribution in [3.05, 3.63) is 77.2 Å². The molecule has 1 N–H and O–H groups in total. The Bertz CT molecular complexity index is 1010. The third-order valence-corrected chi connectivity index (χ3v) is 4.77. The molecule has 2 amide bonds. The van der Waals surface area contributed by atoms with Gasteiger partial charge in [0.1, 0.15) is 5.76 Å². The van der Waals surface area contributed by atoms with E-state index >= 15 is 0 Å². The van der Waals surface area contributed by atoms with Gasteiger partial charge in [-0.1, -0.05) is 23.4 Å². The number of nitrogens with zero attached hydrogens (tertiary/aromatic N) is 2. The molecule has 0 atom stereocenters. The van der Waals surface area contributed by atoms with E-state index in [4.69, 9.17) is 4.52 Å². The van der Waals surface area contributed by atoms with Gasteiger partial charge < -0.3 is 14.7 Å². The molecule has 0 bridgehead atoms. The summed E-state index contributed by atoms with van der Waals surface area (Å²) in [6.07, 6.45) is 1.92. The monoisotopic (exact) mass is 375 g/mol. The van der Waals surface area contributed by atoms with E-state index in [2.05, 4.69) is 10.5 Å². The molecule has 0 unspecified atom stereocenters. The first-order valence-corrected chi connectivity index (χ1v) is 9.32. The van der Waals surface area contributed by atoms with Crippen LogP contribution in [0.4, 0.5) is 11.4 Å². The number of hydrogen-bond acceptors (Lipinski definition) is 4. The molecule has 1 aliphatic heterocycles. The molecule has 4 rings (SSSR count). The van der Waals surface area contributed by atoms with Crippen molar-refractivity contribution in [2.75, 3.05) is 16.8 Å². The van der Waals surface area contributed by atoms with Crippen LogP contribution in [-0.4, -0.2) is 23.5 Å². The predicted molar refractivity (Wildman–Crippen MR) is 106 cm³/mol. The van der Waals surface area contributed by atoms with Crippen molar-refractivity contribution in [2.24, 2.45) is 0 Å². The Morgan fingerprint density at radius 3 is 2.71 bits per heavy atom. The maximum absolute atomic E-state index is 12.9. The lowest BCUT2D eigenvalue weighted by Crippen LogP contribution is -2.35. The topological polar surface area (TPSA) is 75.4 Å². The van der Waals surface area contributed by atoms with Crippen LogP contribution < -0.4 is 10.2 Å². The number of amides is 2. The maximum atomic E-state index is 12.9. The van der Waals surface area contributed by atoms with Crippen LogP contribution in [0.2, 0.25) is 0 Å². The van der Waals surface area contributed by atoms with Crippen molar-refractivity contribution in [3.63, 3.8) is 0 Å². The van der Waals surface area contributed by atoms with E-state index in [-0.39, 0.29) is 18.2 Å². The van der Waals surface area contributed by atoms with Crippen molar-refractivity contribution >= 4 is 23.2 Å². The molecule has 2 aromatic carbocycles. The van der Waals surface area contributed by atoms with Crippen LogP contribution in [0.15, 0.2) is 59.1 Å². The molecule has 0 fully saturated rings. The van der Waals surface area contributed by atoms with Gasteiger partial charge in [0.25, 0.3) is 5.91 Å². The lowest BCUT2D eigenvalue weighted by Gasteiger charge is -2.30. The minimum atomic E-state index is -0.152. The molecule has 28 heavy (non-hydrogen) atoms. The fourth-order valence-electron chi connectivity index (χ4n) is 3.49. The summed E-state index contributed by atoms with van der Waals surface area (Å²) in [7, 11) is 0. The zero-order chi connectivity index (χ0) is 19.5. The molecule has 0 aliphatic carbocycles. The Kier molecular flexibility index (Phi) is 4.93. The van der Waals surface area contributed by atoms with Gasteiger partial charge in [-0.3, -0.25) is 9.59 Å². The first-order valence-electron chi connectivity index (χ1n) is 9.32. The highest BCUT2D eigenvalue weighted by atomic mass is 16.5. The number of carbonyl (C=O) groups excluding carboxylic acids is 2. The summed E-state index contributed by atoms with van der Waals surface area (Å²) < 4.78 is 4.99. The smallest absolute Gasteiger partial charge is 0.258 e. The highest BCUT2D eigenvalue weighted by molar-refractivity contribution is 6.07. The van der Waals surface area contributed by atoms with E-state index in [1.807, 2.05) is 53.4 Å². The van der Waals surface area contributed by atoms with Gasteiger partial charge in [-0.2, -0.15) is 0 Å². The number of benzene rings is 2. The second kappa shape index (κ2) is 7.68. The van der Waals surface area contributed by atoms with Crippen molar-refractivity contribution in [1.29, 1.82) is 0 Å². The van der Waals surface area contributed by atoms with E-state index in [0.717, 1.165) is 29.8 Å². The Morgan fingerprint density at radius 2 is 1.96 bits per heavy atom. The molecule has 6 heteroatoms. The van der Waals surface area contributed by atoms with E-state index in [1.165, 1.54) is 0 Å². The quantitative estimate of drug-likeness (QED) is 0.753. The molecule has 142 valence electrons. The van der Waals surface area contributed by atoms with Crippen LogP contribution >= 0.6 is 0 Å². The summed E-state index contributed by atoms with van der Waals surface area (Å²) >= 11 is 0. The van der Waals surface area contributed by atoms with Gasteiger partial charge in [-0.25, -0.2) is 0 Å². The predicted octanol–water partition coefficient (Wildman–Crippen LogP) is 3.76. The summed E-state index contributed by atoms with van der Waals surface area (Å²) in [6, 6.07) is 16.7. The van der Waals surface area contributed by atoms with Crippen LogP contribution in [0, 0.1) is 6.92 Å². The number of carbonyl (C=O) groups is 2. The number of nitrogens with one attached hydrogen (secondary N) is 1. The molecule has 1 aromatic heterocycles. The summed E-state index contributed by atoms with van der Waals surface area (Å²) in [5, 5.41) is 6.75. The molecule has 0 spiro atoms. The standard InChI is InChI=1S/C22H21N3O3/c1-15-12-19(24-28-15)14-21(26)23-18-9-10-20-17(13-18)8-5-11-25(20)22(27)16-6-3-2-4-7-16/h2-4,6-7,9-10,12-13H,5,8,11,14H2,1H3,(H,23,26). The van der Waals surface area contributed by atoms with E-state index < -0.39 is 0 Å². The Balaban J connectivity index is 1.50. The number of aromatic nitrogens is 1. The van der Waals surface area contributed by atoms with Crippen molar-refractivity contribution < 1.29 is 14.1 Å². The van der Waals surface area contributed by atoms with Crippen LogP contribution in [0.1, 0.15) is 33.8 Å². The highest BCUT2D eigenvalue weighted by Gasteiger charge is 2.24. The maximum Gasteiger partial charge on any atom is 0.258 e. The van der Waals surface area contributed by atoms with Gasteiger partial charge in [0.15, 0.2) is 0 Å². The molecule has 2 heterocycles. The third kappa shape index (κ3) is 3.81. The van der Waals surface area contributed by atoms with E-state index in [9.17, 15) is 9.59 Å². The summed E-state index contributed by atoms with van der Waals surface area (Å²) in [5.74, 6) is 0.528. The van der Waals surface area contributed by atoms with E-state index in [1.54, 1.807) is 13.0 Å². The zero-order valence-electron chi connectivity index (χ0n) is 15.6. The normalized spacial score (nSPS) is 13.1. The van der Waals surface area contributed by atoms with Crippen LogP contribution in [0.25, 0.3) is 0 Å². The fraction of sp³-hybridized carbons (Fsp3) is 0.227. The average molecular weight is 375 g/mol. The summed E-state index contributed by atoms with van der Waals surface area (Å²) in [6.45, 7) is 2.48. The lowest BCUT2D eigenvalue weighted by atomic mass is 10.00. The second-order valence-corrected chi connectivity index (χ2v) is 6.92. The zero-order valence-corrected chi connectivity index (χ0v) is 15.6. The van der Waals surface area contributed by atoms with Gasteiger partial charge in [0.2, 0.25) is 5.91 Å². The third-order valence-electron chi connectivity index (χ3n) is 4.77. The van der Waals surface area contributed by atoms with Crippen LogP contribution in [0.3, 0.4) is 0 Å². The minimum Gasteiger partial charge on any atom is -0.361 e. The Morgan fingerprint density at radius 1 is 1.14 bits per heavy atom. The lowest BCUT2D eigenvalue weighted by molar-refractivity contribution is -0.115. The highest BCUT2D eigenvalue weighted by Crippen LogP contribution is 2.31. The molecule has 1 aliphatic rings. The molecule has 0 radical (unpaired) electrons. The number of hydrogen-bond donors (Lipinski definition) is 1. The molecule has 0 saturated carbocycles. The SMILES string of the molecule is Cc1cc(CC(=O)Nc2ccc3c(c2)CCCN3C(=O)c2ccccc2)no1. The largest absolute Gasteiger partial charge is 0.361 e. The van der Waals surface area contributed by atoms with Crippen molar-refractivity contribution in [3.8, 4) is 0 Å². The Hall–Kier alpha value is -3.41. The van der Waals surface area contributed by atoms with Crippen molar-refractivity contribution in [1.82, 2.24) is 5.16 Å². The van der Waals surface area contributed by atoms with Crippen LogP contribution in [-0.2, 0) is 17.6 Å². The first kappa shape index (κ1) is 18.0. The number of anilines is 2. The fourth-order valence-corrected chi connectivity index (χ4v) is 3.49. The van der Waals surface area contributed by atoms with Gasteiger partial charge in [-0.15, -0.1) is 0 Å². The van der Waals surface area contributed by atoms with Gasteiger partial charge >= 0.3 is 0 Å². The molecular formula is C22H21N3O3. The van der Waals surface area contributed by atoms with Crippen LogP contribution in [0.5, 0.6) is 0 Å². The van der Waals surface area contributed by atoms with Gasteiger partial charge in [0, 0.05) is 29.5 Å². The Labute approximate surface area is 163 Å². The first-order chi connectivity index (χ1) is 13.6. The van der Waals surface area contributed by atoms with Gasteiger partial charge in [0.05, 0.1) is 12.1 Å². The van der Waals surface area contributed by atoms with E-state index in [0.29, 0.717) is 23.6 Å². The average Bonchev–Trinajstić information content (AvgIpc) is 3.11. The number of rotatable bonds is 4. The minimum absolute atomic E-state index is 0.000243. The number of fused-ring (bicyclic) bond motifs is 1. The molecular weight excluding hydrogens is 354 g/mol.